The van der Waals surface area contributed by atoms with Gasteiger partial charge in [0, 0.05) is 19.5 Å². The van der Waals surface area contributed by atoms with Crippen molar-refractivity contribution >= 4 is 22.6 Å². The van der Waals surface area contributed by atoms with E-state index in [4.69, 9.17) is 10.6 Å². The SMILES string of the molecule is COCC(C)N(C)C(=O)c1cc(NN)nc2ccccc12. The van der Waals surface area contributed by atoms with Crippen molar-refractivity contribution in [2.24, 2.45) is 5.84 Å². The van der Waals surface area contributed by atoms with Gasteiger partial charge in [-0.1, -0.05) is 18.2 Å². The second-order valence-electron chi connectivity index (χ2n) is 4.94. The zero-order valence-electron chi connectivity index (χ0n) is 12.5. The molecule has 0 bridgehead atoms. The van der Waals surface area contributed by atoms with Crippen LogP contribution in [-0.2, 0) is 4.74 Å². The molecule has 1 aromatic heterocycles. The minimum atomic E-state index is -0.0883. The quantitative estimate of drug-likeness (QED) is 0.645. The number of likely N-dealkylation sites (N-methyl/N-ethyl adjacent to an activating group) is 1. The summed E-state index contributed by atoms with van der Waals surface area (Å²) in [6.45, 7) is 2.42. The lowest BCUT2D eigenvalue weighted by molar-refractivity contribution is 0.0635. The Morgan fingerprint density at radius 1 is 1.48 bits per heavy atom. The summed E-state index contributed by atoms with van der Waals surface area (Å²) in [6, 6.07) is 9.14. The molecule has 21 heavy (non-hydrogen) atoms. The second kappa shape index (κ2) is 6.51. The van der Waals surface area contributed by atoms with E-state index in [-0.39, 0.29) is 11.9 Å². The third kappa shape index (κ3) is 3.12. The topological polar surface area (TPSA) is 80.5 Å². The summed E-state index contributed by atoms with van der Waals surface area (Å²) < 4.78 is 5.10. The van der Waals surface area contributed by atoms with Gasteiger partial charge in [-0.25, -0.2) is 10.8 Å². The number of para-hydroxylation sites is 1. The van der Waals surface area contributed by atoms with Gasteiger partial charge in [-0.05, 0) is 19.1 Å². The lowest BCUT2D eigenvalue weighted by Gasteiger charge is -2.25. The number of nitrogens with two attached hydrogens (primary N) is 1. The molecule has 6 nitrogen and oxygen atoms in total. The van der Waals surface area contributed by atoms with E-state index in [1.54, 1.807) is 25.1 Å². The number of aromatic nitrogens is 1. The summed E-state index contributed by atoms with van der Waals surface area (Å²) in [5, 5.41) is 0.804. The first-order valence-corrected chi connectivity index (χ1v) is 6.71. The Bertz CT molecular complexity index is 645. The average Bonchev–Trinajstić information content (AvgIpc) is 2.52. The summed E-state index contributed by atoms with van der Waals surface area (Å²) in [5.74, 6) is 5.81. The van der Waals surface area contributed by atoms with Gasteiger partial charge in [0.25, 0.3) is 5.91 Å². The number of methoxy groups -OCH3 is 1. The first kappa shape index (κ1) is 15.2. The number of nitrogen functional groups attached to an aromatic ring is 1. The van der Waals surface area contributed by atoms with Crippen molar-refractivity contribution in [3.05, 3.63) is 35.9 Å². The molecule has 1 unspecified atom stereocenters. The summed E-state index contributed by atoms with van der Waals surface area (Å²) in [5.41, 5.74) is 3.80. The summed E-state index contributed by atoms with van der Waals surface area (Å²) >= 11 is 0. The maximum absolute atomic E-state index is 12.7. The highest BCUT2D eigenvalue weighted by Gasteiger charge is 2.20. The van der Waals surface area contributed by atoms with Crippen LogP contribution in [0.2, 0.25) is 0 Å². The van der Waals surface area contributed by atoms with Crippen LogP contribution in [0.25, 0.3) is 10.9 Å². The highest BCUT2D eigenvalue weighted by molar-refractivity contribution is 6.06. The predicted octanol–water partition coefficient (Wildman–Crippen LogP) is 1.63. The van der Waals surface area contributed by atoms with Crippen molar-refractivity contribution in [3.8, 4) is 0 Å². The van der Waals surface area contributed by atoms with Gasteiger partial charge in [0.1, 0.15) is 5.82 Å². The van der Waals surface area contributed by atoms with Crippen LogP contribution >= 0.6 is 0 Å². The Hall–Kier alpha value is -2.18. The molecule has 0 aliphatic heterocycles. The zero-order chi connectivity index (χ0) is 15.4. The van der Waals surface area contributed by atoms with Gasteiger partial charge in [0.05, 0.1) is 23.7 Å². The van der Waals surface area contributed by atoms with E-state index in [0.717, 1.165) is 10.9 Å². The lowest BCUT2D eigenvalue weighted by Crippen LogP contribution is -2.38. The molecule has 0 saturated carbocycles. The van der Waals surface area contributed by atoms with E-state index in [1.165, 1.54) is 0 Å². The number of benzene rings is 1. The van der Waals surface area contributed by atoms with Gasteiger partial charge >= 0.3 is 0 Å². The number of rotatable bonds is 5. The number of nitrogens with zero attached hydrogens (tertiary/aromatic N) is 2. The van der Waals surface area contributed by atoms with Crippen molar-refractivity contribution in [1.82, 2.24) is 9.88 Å². The Morgan fingerprint density at radius 3 is 2.86 bits per heavy atom. The van der Waals surface area contributed by atoms with Crippen LogP contribution in [0.1, 0.15) is 17.3 Å². The van der Waals surface area contributed by atoms with Crippen LogP contribution in [0.4, 0.5) is 5.82 Å². The molecule has 1 aromatic carbocycles. The standard InChI is InChI=1S/C15H20N4O2/c1-10(9-21-3)19(2)15(20)12-8-14(18-16)17-13-7-5-4-6-11(12)13/h4-8,10H,9,16H2,1-3H3,(H,17,18). The Labute approximate surface area is 123 Å². The van der Waals surface area contributed by atoms with Gasteiger partial charge in [0.2, 0.25) is 0 Å². The Morgan fingerprint density at radius 2 is 2.19 bits per heavy atom. The van der Waals surface area contributed by atoms with Crippen molar-refractivity contribution in [2.75, 3.05) is 26.2 Å². The first-order valence-electron chi connectivity index (χ1n) is 6.71. The number of hydrazine groups is 1. The molecule has 1 amide bonds. The molecule has 0 fully saturated rings. The van der Waals surface area contributed by atoms with E-state index in [2.05, 4.69) is 10.4 Å². The number of nitrogens with one attached hydrogen (secondary N) is 1. The summed E-state index contributed by atoms with van der Waals surface area (Å²) in [7, 11) is 3.38. The van der Waals surface area contributed by atoms with Gasteiger partial charge < -0.3 is 15.1 Å². The lowest BCUT2D eigenvalue weighted by atomic mass is 10.1. The first-order chi connectivity index (χ1) is 10.1. The number of hydrogen-bond donors (Lipinski definition) is 2. The molecule has 3 N–H and O–H groups in total. The molecule has 0 radical (unpaired) electrons. The second-order valence-corrected chi connectivity index (χ2v) is 4.94. The molecule has 0 spiro atoms. The zero-order valence-corrected chi connectivity index (χ0v) is 12.5. The van der Waals surface area contributed by atoms with E-state index in [0.29, 0.717) is 18.0 Å². The molecule has 2 aromatic rings. The maximum Gasteiger partial charge on any atom is 0.254 e. The molecule has 6 heteroatoms. The molecular formula is C15H20N4O2. The number of anilines is 1. The fourth-order valence-corrected chi connectivity index (χ4v) is 2.17. The number of carbonyl (C=O) groups is 1. The molecule has 1 heterocycles. The van der Waals surface area contributed by atoms with Gasteiger partial charge in [-0.3, -0.25) is 4.79 Å². The molecule has 112 valence electrons. The third-order valence-corrected chi connectivity index (χ3v) is 3.48. The summed E-state index contributed by atoms with van der Waals surface area (Å²) in [6.07, 6.45) is 0. The molecule has 1 atom stereocenters. The molecule has 0 aliphatic rings. The maximum atomic E-state index is 12.7. The normalized spacial score (nSPS) is 12.2. The smallest absolute Gasteiger partial charge is 0.254 e. The van der Waals surface area contributed by atoms with Gasteiger partial charge in [0.15, 0.2) is 0 Å². The minimum Gasteiger partial charge on any atom is -0.383 e. The molecule has 0 aliphatic carbocycles. The van der Waals surface area contributed by atoms with Gasteiger partial charge in [-0.15, -0.1) is 0 Å². The number of hydrogen-bond acceptors (Lipinski definition) is 5. The van der Waals surface area contributed by atoms with E-state index < -0.39 is 0 Å². The fraction of sp³-hybridized carbons (Fsp3) is 0.333. The van der Waals surface area contributed by atoms with Crippen LogP contribution in [-0.4, -0.2) is 42.6 Å². The average molecular weight is 288 g/mol. The van der Waals surface area contributed by atoms with Crippen LogP contribution < -0.4 is 11.3 Å². The number of ether oxygens (including phenoxy) is 1. The van der Waals surface area contributed by atoms with Gasteiger partial charge in [-0.2, -0.15) is 0 Å². The molecular weight excluding hydrogens is 268 g/mol. The van der Waals surface area contributed by atoms with Crippen LogP contribution in [0.3, 0.4) is 0 Å². The van der Waals surface area contributed by atoms with E-state index in [9.17, 15) is 4.79 Å². The number of amides is 1. The van der Waals surface area contributed by atoms with Crippen LogP contribution in [0, 0.1) is 0 Å². The molecule has 2 rings (SSSR count). The largest absolute Gasteiger partial charge is 0.383 e. The predicted molar refractivity (Wildman–Crippen MR) is 83.0 cm³/mol. The van der Waals surface area contributed by atoms with Crippen LogP contribution in [0.5, 0.6) is 0 Å². The Balaban J connectivity index is 2.46. The minimum absolute atomic E-state index is 0.0243. The highest BCUT2D eigenvalue weighted by atomic mass is 16.5. The summed E-state index contributed by atoms with van der Waals surface area (Å²) in [4.78, 5) is 18.7. The van der Waals surface area contributed by atoms with Crippen molar-refractivity contribution < 1.29 is 9.53 Å². The Kier molecular flexibility index (Phi) is 4.72. The third-order valence-electron chi connectivity index (χ3n) is 3.48. The highest BCUT2D eigenvalue weighted by Crippen LogP contribution is 2.22. The monoisotopic (exact) mass is 288 g/mol. The number of pyridine rings is 1. The van der Waals surface area contributed by atoms with Crippen molar-refractivity contribution in [1.29, 1.82) is 0 Å². The van der Waals surface area contributed by atoms with E-state index in [1.807, 2.05) is 31.2 Å². The van der Waals surface area contributed by atoms with Crippen molar-refractivity contribution in [3.63, 3.8) is 0 Å². The van der Waals surface area contributed by atoms with Crippen molar-refractivity contribution in [2.45, 2.75) is 13.0 Å². The number of carbonyl (C=O) groups excluding carboxylic acids is 1. The van der Waals surface area contributed by atoms with E-state index >= 15 is 0 Å². The number of fused-ring (bicyclic) bond motifs is 1. The van der Waals surface area contributed by atoms with Crippen LogP contribution in [0.15, 0.2) is 30.3 Å². The molecule has 0 saturated heterocycles. The fourth-order valence-electron chi connectivity index (χ4n) is 2.17.